The third kappa shape index (κ3) is 2.39. The number of nitrogen functional groups attached to an aromatic ring is 1. The standard InChI is InChI=1S/C14H22N2O/c1-4-12-9-17-10(2)8-16(12)14-7-5-6-13(15)11(14)3/h5-7,10,12H,4,8-9,15H2,1-3H3. The molecular weight excluding hydrogens is 212 g/mol. The maximum absolute atomic E-state index is 5.99. The molecule has 1 heterocycles. The molecule has 1 fully saturated rings. The summed E-state index contributed by atoms with van der Waals surface area (Å²) in [5, 5.41) is 0. The molecule has 1 aliphatic heterocycles. The van der Waals surface area contributed by atoms with Gasteiger partial charge in [0.1, 0.15) is 0 Å². The van der Waals surface area contributed by atoms with Crippen molar-refractivity contribution in [2.75, 3.05) is 23.8 Å². The van der Waals surface area contributed by atoms with Gasteiger partial charge in [0, 0.05) is 17.9 Å². The lowest BCUT2D eigenvalue weighted by molar-refractivity contribution is 0.0299. The average molecular weight is 234 g/mol. The molecule has 0 amide bonds. The molecule has 0 saturated carbocycles. The first-order chi connectivity index (χ1) is 8.13. The van der Waals surface area contributed by atoms with Crippen LogP contribution in [0.1, 0.15) is 25.8 Å². The van der Waals surface area contributed by atoms with Crippen molar-refractivity contribution in [3.05, 3.63) is 23.8 Å². The largest absolute Gasteiger partial charge is 0.398 e. The lowest BCUT2D eigenvalue weighted by Crippen LogP contribution is -2.49. The predicted octanol–water partition coefficient (Wildman–Crippen LogP) is 2.58. The Kier molecular flexibility index (Phi) is 3.57. The molecule has 1 aromatic carbocycles. The fraction of sp³-hybridized carbons (Fsp3) is 0.571. The summed E-state index contributed by atoms with van der Waals surface area (Å²) in [6.07, 6.45) is 1.39. The van der Waals surface area contributed by atoms with Crippen LogP contribution in [0.2, 0.25) is 0 Å². The van der Waals surface area contributed by atoms with Gasteiger partial charge in [0.15, 0.2) is 0 Å². The van der Waals surface area contributed by atoms with Gasteiger partial charge in [-0.2, -0.15) is 0 Å². The van der Waals surface area contributed by atoms with Gasteiger partial charge in [-0.3, -0.25) is 0 Å². The highest BCUT2D eigenvalue weighted by Gasteiger charge is 2.26. The van der Waals surface area contributed by atoms with Crippen LogP contribution in [-0.2, 0) is 4.74 Å². The molecule has 0 spiro atoms. The summed E-state index contributed by atoms with van der Waals surface area (Å²) < 4.78 is 5.73. The van der Waals surface area contributed by atoms with Gasteiger partial charge in [-0.05, 0) is 38.0 Å². The number of morpholine rings is 1. The second-order valence-electron chi connectivity index (χ2n) is 4.85. The van der Waals surface area contributed by atoms with Crippen LogP contribution in [0.25, 0.3) is 0 Å². The molecule has 0 radical (unpaired) electrons. The zero-order valence-electron chi connectivity index (χ0n) is 10.9. The molecule has 0 bridgehead atoms. The molecule has 1 saturated heterocycles. The van der Waals surface area contributed by atoms with Crippen LogP contribution in [0.4, 0.5) is 11.4 Å². The van der Waals surface area contributed by atoms with Crippen LogP contribution in [-0.4, -0.2) is 25.3 Å². The maximum atomic E-state index is 5.99. The number of hydrogen-bond donors (Lipinski definition) is 1. The zero-order valence-corrected chi connectivity index (χ0v) is 10.9. The van der Waals surface area contributed by atoms with E-state index in [0.29, 0.717) is 12.1 Å². The average Bonchev–Trinajstić information content (AvgIpc) is 2.33. The van der Waals surface area contributed by atoms with Gasteiger partial charge in [-0.15, -0.1) is 0 Å². The highest BCUT2D eigenvalue weighted by Crippen LogP contribution is 2.29. The van der Waals surface area contributed by atoms with Gasteiger partial charge in [-0.1, -0.05) is 13.0 Å². The number of benzene rings is 1. The van der Waals surface area contributed by atoms with Crippen LogP contribution in [0.5, 0.6) is 0 Å². The van der Waals surface area contributed by atoms with E-state index in [2.05, 4.69) is 31.7 Å². The maximum Gasteiger partial charge on any atom is 0.0723 e. The highest BCUT2D eigenvalue weighted by molar-refractivity contribution is 5.64. The molecule has 2 atom stereocenters. The van der Waals surface area contributed by atoms with Gasteiger partial charge in [0.25, 0.3) is 0 Å². The molecular formula is C14H22N2O. The number of anilines is 2. The molecule has 17 heavy (non-hydrogen) atoms. The van der Waals surface area contributed by atoms with Crippen molar-refractivity contribution < 1.29 is 4.74 Å². The Morgan fingerprint density at radius 2 is 2.24 bits per heavy atom. The van der Waals surface area contributed by atoms with Gasteiger partial charge < -0.3 is 15.4 Å². The quantitative estimate of drug-likeness (QED) is 0.799. The summed E-state index contributed by atoms with van der Waals surface area (Å²) in [6, 6.07) is 6.62. The van der Waals surface area contributed by atoms with Gasteiger partial charge in [-0.25, -0.2) is 0 Å². The Morgan fingerprint density at radius 1 is 1.47 bits per heavy atom. The summed E-state index contributed by atoms with van der Waals surface area (Å²) in [7, 11) is 0. The first-order valence-corrected chi connectivity index (χ1v) is 6.36. The predicted molar refractivity (Wildman–Crippen MR) is 72.4 cm³/mol. The Balaban J connectivity index is 2.32. The summed E-state index contributed by atoms with van der Waals surface area (Å²) in [6.45, 7) is 8.19. The second kappa shape index (κ2) is 4.96. The molecule has 94 valence electrons. The fourth-order valence-electron chi connectivity index (χ4n) is 2.43. The topological polar surface area (TPSA) is 38.5 Å². The van der Waals surface area contributed by atoms with Crippen molar-refractivity contribution in [2.24, 2.45) is 0 Å². The van der Waals surface area contributed by atoms with Crippen LogP contribution < -0.4 is 10.6 Å². The lowest BCUT2D eigenvalue weighted by Gasteiger charge is -2.40. The van der Waals surface area contributed by atoms with Crippen molar-refractivity contribution in [3.63, 3.8) is 0 Å². The van der Waals surface area contributed by atoms with E-state index in [1.165, 1.54) is 11.3 Å². The summed E-state index contributed by atoms with van der Waals surface area (Å²) in [5.74, 6) is 0. The molecule has 2 unspecified atom stereocenters. The van der Waals surface area contributed by atoms with Gasteiger partial charge in [0.2, 0.25) is 0 Å². The van der Waals surface area contributed by atoms with Crippen molar-refractivity contribution in [1.29, 1.82) is 0 Å². The summed E-state index contributed by atoms with van der Waals surface area (Å²) in [4.78, 5) is 2.44. The molecule has 0 aliphatic carbocycles. The van der Waals surface area contributed by atoms with E-state index < -0.39 is 0 Å². The summed E-state index contributed by atoms with van der Waals surface area (Å²) in [5.41, 5.74) is 9.30. The number of hydrogen-bond acceptors (Lipinski definition) is 3. The van der Waals surface area contributed by atoms with Crippen molar-refractivity contribution in [1.82, 2.24) is 0 Å². The van der Waals surface area contributed by atoms with Crippen LogP contribution >= 0.6 is 0 Å². The van der Waals surface area contributed by atoms with E-state index in [9.17, 15) is 0 Å². The molecule has 1 aliphatic rings. The van der Waals surface area contributed by atoms with Crippen LogP contribution in [0.15, 0.2) is 18.2 Å². The van der Waals surface area contributed by atoms with Gasteiger partial charge in [0.05, 0.1) is 18.8 Å². The van der Waals surface area contributed by atoms with E-state index in [-0.39, 0.29) is 0 Å². The molecule has 3 heteroatoms. The van der Waals surface area contributed by atoms with Crippen molar-refractivity contribution in [3.8, 4) is 0 Å². The van der Waals surface area contributed by atoms with Crippen LogP contribution in [0.3, 0.4) is 0 Å². The second-order valence-corrected chi connectivity index (χ2v) is 4.85. The summed E-state index contributed by atoms with van der Waals surface area (Å²) >= 11 is 0. The van der Waals surface area contributed by atoms with E-state index in [0.717, 1.165) is 25.3 Å². The zero-order chi connectivity index (χ0) is 12.4. The van der Waals surface area contributed by atoms with E-state index in [4.69, 9.17) is 10.5 Å². The molecule has 3 nitrogen and oxygen atoms in total. The van der Waals surface area contributed by atoms with Crippen molar-refractivity contribution >= 4 is 11.4 Å². The third-order valence-corrected chi connectivity index (χ3v) is 3.60. The normalized spacial score (nSPS) is 25.0. The SMILES string of the molecule is CCC1COC(C)CN1c1cccc(N)c1C. The molecule has 0 aromatic heterocycles. The number of ether oxygens (including phenoxy) is 1. The van der Waals surface area contributed by atoms with Gasteiger partial charge >= 0.3 is 0 Å². The lowest BCUT2D eigenvalue weighted by atomic mass is 10.1. The highest BCUT2D eigenvalue weighted by atomic mass is 16.5. The minimum Gasteiger partial charge on any atom is -0.398 e. The third-order valence-electron chi connectivity index (χ3n) is 3.60. The first kappa shape index (κ1) is 12.2. The van der Waals surface area contributed by atoms with E-state index >= 15 is 0 Å². The van der Waals surface area contributed by atoms with Crippen molar-refractivity contribution in [2.45, 2.75) is 39.3 Å². The molecule has 2 N–H and O–H groups in total. The number of rotatable bonds is 2. The molecule has 2 rings (SSSR count). The monoisotopic (exact) mass is 234 g/mol. The Labute approximate surface area is 104 Å². The van der Waals surface area contributed by atoms with Crippen LogP contribution in [0, 0.1) is 6.92 Å². The van der Waals surface area contributed by atoms with E-state index in [1.54, 1.807) is 0 Å². The Bertz CT molecular complexity index is 392. The Morgan fingerprint density at radius 3 is 2.94 bits per heavy atom. The Hall–Kier alpha value is -1.22. The minimum absolute atomic E-state index is 0.290. The molecule has 1 aromatic rings. The fourth-order valence-corrected chi connectivity index (χ4v) is 2.43. The number of nitrogens with zero attached hydrogens (tertiary/aromatic N) is 1. The minimum atomic E-state index is 0.290. The van der Waals surface area contributed by atoms with E-state index in [1.807, 2.05) is 12.1 Å². The first-order valence-electron chi connectivity index (χ1n) is 6.36. The number of nitrogens with two attached hydrogens (primary N) is 1. The smallest absolute Gasteiger partial charge is 0.0723 e.